The van der Waals surface area contributed by atoms with Crippen molar-refractivity contribution in [2.24, 2.45) is 35.5 Å². The number of aliphatic hydroxyl groups is 1. The molecule has 0 bridgehead atoms. The summed E-state index contributed by atoms with van der Waals surface area (Å²) < 4.78 is 115. The molecule has 0 aromatic rings. The summed E-state index contributed by atoms with van der Waals surface area (Å²) in [6.07, 6.45) is -9.48. The fourth-order valence-electron chi connectivity index (χ4n) is 5.97. The van der Waals surface area contributed by atoms with Crippen molar-refractivity contribution in [2.45, 2.75) is 115 Å². The molecule has 0 saturated carbocycles. The average molecular weight is 765 g/mol. The summed E-state index contributed by atoms with van der Waals surface area (Å²) in [5, 5.41) is 13.6. The highest BCUT2D eigenvalue weighted by atomic mass is 32.2. The zero-order chi connectivity index (χ0) is 37.7. The summed E-state index contributed by atoms with van der Waals surface area (Å²) >= 11 is 2.89. The molecule has 14 atom stereocenters. The first-order valence-electron chi connectivity index (χ1n) is 15.4. The summed E-state index contributed by atoms with van der Waals surface area (Å²) in [4.78, 5) is 22.7. The molecular formula is C29H50F6N2O8S3. The molecule has 0 radical (unpaired) electrons. The number of hydrogen-bond acceptors (Lipinski definition) is 10. The fourth-order valence-corrected chi connectivity index (χ4v) is 8.47. The van der Waals surface area contributed by atoms with Crippen LogP contribution in [-0.2, 0) is 33.4 Å². The van der Waals surface area contributed by atoms with Gasteiger partial charge < -0.3 is 25.2 Å². The summed E-state index contributed by atoms with van der Waals surface area (Å²) in [7, 11) is -3.93. The monoisotopic (exact) mass is 764 g/mol. The quantitative estimate of drug-likeness (QED) is 0.210. The average Bonchev–Trinajstić information content (AvgIpc) is 2.95. The molecule has 0 aliphatic carbocycles. The number of nitrogens with one attached hydrogen (secondary N) is 2. The Hall–Kier alpha value is -0.990. The summed E-state index contributed by atoms with van der Waals surface area (Å²) in [6.45, 7) is 14.3. The number of thioether (sulfide) groups is 2. The lowest BCUT2D eigenvalue weighted by Gasteiger charge is -2.47. The second-order valence-electron chi connectivity index (χ2n) is 12.8. The van der Waals surface area contributed by atoms with E-state index in [-0.39, 0.29) is 46.4 Å². The van der Waals surface area contributed by atoms with E-state index < -0.39 is 70.8 Å². The van der Waals surface area contributed by atoms with Gasteiger partial charge in [0, 0.05) is 0 Å². The summed E-state index contributed by atoms with van der Waals surface area (Å²) in [5.74, 6) is -3.88. The van der Waals surface area contributed by atoms with Gasteiger partial charge in [-0.2, -0.15) is 34.8 Å². The number of ether oxygens (including phenoxy) is 2. The molecule has 0 aromatic carbocycles. The van der Waals surface area contributed by atoms with E-state index in [0.717, 1.165) is 6.26 Å². The minimum Gasteiger partial charge on any atom is -0.391 e. The van der Waals surface area contributed by atoms with Crippen molar-refractivity contribution in [3.63, 3.8) is 0 Å². The van der Waals surface area contributed by atoms with Gasteiger partial charge in [-0.25, -0.2) is 0 Å². The van der Waals surface area contributed by atoms with Crippen LogP contribution in [-0.4, -0.2) is 104 Å². The van der Waals surface area contributed by atoms with Gasteiger partial charge in [-0.1, -0.05) is 41.5 Å². The molecule has 10 nitrogen and oxygen atoms in total. The highest BCUT2D eigenvalue weighted by Gasteiger charge is 2.49. The fraction of sp³-hybridized carbons (Fsp3) is 0.931. The maximum absolute atomic E-state index is 12.7. The van der Waals surface area contributed by atoms with Gasteiger partial charge in [-0.15, -0.1) is 23.5 Å². The molecule has 2 rings (SSSR count). The Morgan fingerprint density at radius 2 is 1.04 bits per heavy atom. The van der Waals surface area contributed by atoms with Gasteiger partial charge in [-0.3, -0.25) is 13.8 Å². The van der Waals surface area contributed by atoms with Crippen LogP contribution in [0.15, 0.2) is 0 Å². The normalized spacial score (nSPS) is 34.1. The first kappa shape index (κ1) is 45.0. The molecule has 0 spiro atoms. The van der Waals surface area contributed by atoms with E-state index in [1.54, 1.807) is 0 Å². The SMILES string of the molecule is CSC1O[C@H]([C@H](NC(=O)C(F)(F)F)[C@@H](C)O)C(C)[C@@H](C)[C@H]1C.CSC1O[C@H]([C@H](NC(=O)C(F)(F)F)[C@@H](C)OS(C)(=O)=O)C(C)[C@@H](C)[C@H]1C. The molecule has 2 aliphatic heterocycles. The number of aliphatic hydroxyl groups excluding tert-OH is 1. The molecule has 284 valence electrons. The van der Waals surface area contributed by atoms with E-state index in [2.05, 4.69) is 0 Å². The van der Waals surface area contributed by atoms with E-state index in [1.165, 1.54) is 37.4 Å². The van der Waals surface area contributed by atoms with Gasteiger partial charge in [0.1, 0.15) is 10.9 Å². The van der Waals surface area contributed by atoms with Crippen LogP contribution in [0.1, 0.15) is 55.4 Å². The largest absolute Gasteiger partial charge is 0.471 e. The smallest absolute Gasteiger partial charge is 0.391 e. The lowest BCUT2D eigenvalue weighted by molar-refractivity contribution is -0.179. The minimum atomic E-state index is -5.10. The van der Waals surface area contributed by atoms with E-state index >= 15 is 0 Å². The van der Waals surface area contributed by atoms with Gasteiger partial charge in [0.25, 0.3) is 10.1 Å². The highest BCUT2D eigenvalue weighted by molar-refractivity contribution is 7.99. The number of rotatable bonds is 10. The molecule has 2 aliphatic rings. The maximum atomic E-state index is 12.7. The van der Waals surface area contributed by atoms with Crippen LogP contribution >= 0.6 is 23.5 Å². The highest BCUT2D eigenvalue weighted by Crippen LogP contribution is 2.41. The molecular weight excluding hydrogens is 715 g/mol. The zero-order valence-corrected chi connectivity index (χ0v) is 31.3. The van der Waals surface area contributed by atoms with Crippen molar-refractivity contribution in [3.8, 4) is 0 Å². The van der Waals surface area contributed by atoms with Crippen molar-refractivity contribution in [1.29, 1.82) is 0 Å². The summed E-state index contributed by atoms with van der Waals surface area (Å²) in [5.41, 5.74) is -0.470. The Morgan fingerprint density at radius 1 is 0.708 bits per heavy atom. The van der Waals surface area contributed by atoms with E-state index in [4.69, 9.17) is 13.7 Å². The van der Waals surface area contributed by atoms with Gasteiger partial charge in [0.2, 0.25) is 0 Å². The van der Waals surface area contributed by atoms with E-state index in [0.29, 0.717) is 0 Å². The molecule has 2 saturated heterocycles. The molecule has 2 amide bonds. The van der Waals surface area contributed by atoms with Crippen LogP contribution in [0.3, 0.4) is 0 Å². The molecule has 3 N–H and O–H groups in total. The number of amides is 2. The van der Waals surface area contributed by atoms with Crippen molar-refractivity contribution in [1.82, 2.24) is 10.6 Å². The molecule has 0 aromatic heterocycles. The second kappa shape index (κ2) is 18.0. The Kier molecular flexibility index (Phi) is 16.9. The summed E-state index contributed by atoms with van der Waals surface area (Å²) in [6, 6.07) is -2.38. The first-order valence-corrected chi connectivity index (χ1v) is 19.8. The Labute approximate surface area is 288 Å². The Morgan fingerprint density at radius 3 is 1.33 bits per heavy atom. The molecule has 2 heterocycles. The lowest BCUT2D eigenvalue weighted by atomic mass is 9.77. The number of carbonyl (C=O) groups is 2. The molecule has 48 heavy (non-hydrogen) atoms. The maximum Gasteiger partial charge on any atom is 0.471 e. The van der Waals surface area contributed by atoms with Crippen LogP contribution in [0, 0.1) is 35.5 Å². The van der Waals surface area contributed by atoms with Gasteiger partial charge in [0.15, 0.2) is 0 Å². The third-order valence-electron chi connectivity index (χ3n) is 9.43. The minimum absolute atomic E-state index is 0.0851. The van der Waals surface area contributed by atoms with Crippen LogP contribution in [0.2, 0.25) is 0 Å². The third kappa shape index (κ3) is 12.4. The third-order valence-corrected chi connectivity index (χ3v) is 12.1. The first-order chi connectivity index (χ1) is 21.7. The van der Waals surface area contributed by atoms with E-state index in [1.807, 2.05) is 64.7 Å². The van der Waals surface area contributed by atoms with Gasteiger partial charge >= 0.3 is 24.2 Å². The standard InChI is InChI=1S/C15H26F3NO5S2.C14H24F3NO3S/c1-7-8(2)12(23-13(25-5)9(7)3)11(10(4)24-26(6,21)22)19-14(20)15(16,17)18;1-6-7(2)11(21-12(22-5)8(6)3)10(9(4)19)18-13(20)14(15,16)17/h7-13H,1-6H3,(H,19,20);6-12,19H,1-5H3,(H,18,20)/t7-,8?,9-,10-,11-,12+,13?;6-,7?,8-,9-,10-,11+,12?/m11/s1. The van der Waals surface area contributed by atoms with Crippen LogP contribution in [0.4, 0.5) is 26.3 Å². The molecule has 4 unspecified atom stereocenters. The number of hydrogen-bond donors (Lipinski definition) is 3. The number of carbonyl (C=O) groups excluding carboxylic acids is 2. The van der Waals surface area contributed by atoms with Crippen molar-refractivity contribution >= 4 is 45.5 Å². The van der Waals surface area contributed by atoms with Gasteiger partial charge in [0.05, 0.1) is 42.8 Å². The number of halogens is 6. The second-order valence-corrected chi connectivity index (χ2v) is 16.3. The van der Waals surface area contributed by atoms with Crippen LogP contribution in [0.5, 0.6) is 0 Å². The predicted molar refractivity (Wildman–Crippen MR) is 172 cm³/mol. The number of alkyl halides is 6. The van der Waals surface area contributed by atoms with E-state index in [9.17, 15) is 49.5 Å². The Bertz CT molecular complexity index is 1160. The van der Waals surface area contributed by atoms with Crippen molar-refractivity contribution in [3.05, 3.63) is 0 Å². The Balaban J connectivity index is 0.000000487. The van der Waals surface area contributed by atoms with Gasteiger partial charge in [-0.05, 0) is 61.9 Å². The van der Waals surface area contributed by atoms with Crippen molar-refractivity contribution in [2.75, 3.05) is 18.8 Å². The topological polar surface area (TPSA) is 140 Å². The molecule has 2 fully saturated rings. The predicted octanol–water partition coefficient (Wildman–Crippen LogP) is 4.80. The zero-order valence-electron chi connectivity index (χ0n) is 28.9. The van der Waals surface area contributed by atoms with Crippen LogP contribution < -0.4 is 10.6 Å². The molecule has 19 heteroatoms. The lowest BCUT2D eigenvalue weighted by Crippen LogP contribution is -2.60. The van der Waals surface area contributed by atoms with Crippen LogP contribution in [0.25, 0.3) is 0 Å². The van der Waals surface area contributed by atoms with Crippen molar-refractivity contribution < 1.29 is 63.1 Å².